The molecule has 0 aromatic carbocycles. The molecular formula is C12H13N5. The van der Waals surface area contributed by atoms with Crippen LogP contribution in [0, 0.1) is 6.92 Å². The summed E-state index contributed by atoms with van der Waals surface area (Å²) in [5.74, 6) is 1.86. The van der Waals surface area contributed by atoms with Crippen molar-refractivity contribution in [2.75, 3.05) is 5.73 Å². The van der Waals surface area contributed by atoms with Crippen molar-refractivity contribution in [1.29, 1.82) is 0 Å². The van der Waals surface area contributed by atoms with E-state index in [1.165, 1.54) is 12.8 Å². The number of nitrogen functional groups attached to an aromatic ring is 1. The first kappa shape index (κ1) is 10.1. The summed E-state index contributed by atoms with van der Waals surface area (Å²) in [5, 5.41) is 0. The summed E-state index contributed by atoms with van der Waals surface area (Å²) < 4.78 is 0. The van der Waals surface area contributed by atoms with Gasteiger partial charge in [-0.3, -0.25) is 0 Å². The third kappa shape index (κ3) is 1.95. The Hall–Kier alpha value is -2.04. The molecule has 17 heavy (non-hydrogen) atoms. The zero-order chi connectivity index (χ0) is 11.8. The average molecular weight is 227 g/mol. The second-order valence-corrected chi connectivity index (χ2v) is 4.30. The SMILES string of the molecule is Cc1nccc(-c2ncc(N)c(C3CC3)n2)n1. The number of rotatable bonds is 2. The Bertz CT molecular complexity index is 563. The minimum absolute atomic E-state index is 0.514. The molecule has 2 aromatic rings. The topological polar surface area (TPSA) is 77.6 Å². The lowest BCUT2D eigenvalue weighted by molar-refractivity contribution is 0.979. The molecule has 5 heteroatoms. The van der Waals surface area contributed by atoms with Crippen LogP contribution in [0.2, 0.25) is 0 Å². The maximum absolute atomic E-state index is 5.88. The number of nitrogens with two attached hydrogens (primary N) is 1. The minimum Gasteiger partial charge on any atom is -0.396 e. The van der Waals surface area contributed by atoms with E-state index < -0.39 is 0 Å². The molecule has 1 saturated carbocycles. The van der Waals surface area contributed by atoms with Gasteiger partial charge in [-0.05, 0) is 25.8 Å². The molecule has 3 rings (SSSR count). The normalized spacial score (nSPS) is 14.9. The molecule has 2 heterocycles. The molecule has 5 nitrogen and oxygen atoms in total. The second-order valence-electron chi connectivity index (χ2n) is 4.30. The molecule has 2 aromatic heterocycles. The van der Waals surface area contributed by atoms with E-state index in [1.54, 1.807) is 12.4 Å². The Morgan fingerprint density at radius 2 is 2.06 bits per heavy atom. The van der Waals surface area contributed by atoms with E-state index in [0.717, 1.165) is 17.2 Å². The quantitative estimate of drug-likeness (QED) is 0.844. The van der Waals surface area contributed by atoms with Crippen LogP contribution >= 0.6 is 0 Å². The number of anilines is 1. The van der Waals surface area contributed by atoms with Crippen molar-refractivity contribution in [2.45, 2.75) is 25.7 Å². The highest BCUT2D eigenvalue weighted by Gasteiger charge is 2.27. The van der Waals surface area contributed by atoms with Gasteiger partial charge in [0, 0.05) is 12.1 Å². The van der Waals surface area contributed by atoms with Gasteiger partial charge in [-0.15, -0.1) is 0 Å². The molecule has 0 saturated heterocycles. The smallest absolute Gasteiger partial charge is 0.178 e. The van der Waals surface area contributed by atoms with E-state index >= 15 is 0 Å². The van der Waals surface area contributed by atoms with E-state index in [2.05, 4.69) is 19.9 Å². The van der Waals surface area contributed by atoms with Crippen molar-refractivity contribution in [2.24, 2.45) is 0 Å². The Labute approximate surface area is 99.2 Å². The highest BCUT2D eigenvalue weighted by molar-refractivity contribution is 5.53. The number of aromatic nitrogens is 4. The standard InChI is InChI=1S/C12H13N5/c1-7-14-5-4-10(16-7)12-15-6-9(13)11(17-12)8-2-3-8/h4-6,8H,2-3,13H2,1H3. The third-order valence-corrected chi connectivity index (χ3v) is 2.82. The molecule has 0 atom stereocenters. The van der Waals surface area contributed by atoms with Crippen LogP contribution in [0.4, 0.5) is 5.69 Å². The Morgan fingerprint density at radius 3 is 2.76 bits per heavy atom. The van der Waals surface area contributed by atoms with Crippen LogP contribution in [0.15, 0.2) is 18.5 Å². The summed E-state index contributed by atoms with van der Waals surface area (Å²) in [6, 6.07) is 1.81. The number of nitrogens with zero attached hydrogens (tertiary/aromatic N) is 4. The van der Waals surface area contributed by atoms with Crippen LogP contribution in [-0.2, 0) is 0 Å². The lowest BCUT2D eigenvalue weighted by Crippen LogP contribution is -2.02. The van der Waals surface area contributed by atoms with E-state index in [1.807, 2.05) is 13.0 Å². The van der Waals surface area contributed by atoms with E-state index in [9.17, 15) is 0 Å². The molecule has 0 bridgehead atoms. The highest BCUT2D eigenvalue weighted by atomic mass is 15.0. The fourth-order valence-corrected chi connectivity index (χ4v) is 1.79. The van der Waals surface area contributed by atoms with Crippen molar-refractivity contribution in [3.63, 3.8) is 0 Å². The van der Waals surface area contributed by atoms with Crippen LogP contribution < -0.4 is 5.73 Å². The zero-order valence-electron chi connectivity index (χ0n) is 9.59. The van der Waals surface area contributed by atoms with Gasteiger partial charge in [0.25, 0.3) is 0 Å². The van der Waals surface area contributed by atoms with Gasteiger partial charge in [0.15, 0.2) is 5.82 Å². The molecule has 1 fully saturated rings. The summed E-state index contributed by atoms with van der Waals surface area (Å²) in [5.41, 5.74) is 8.28. The van der Waals surface area contributed by atoms with Gasteiger partial charge in [0.2, 0.25) is 0 Å². The van der Waals surface area contributed by atoms with Gasteiger partial charge in [-0.25, -0.2) is 19.9 Å². The molecule has 0 spiro atoms. The average Bonchev–Trinajstić information content (AvgIpc) is 3.14. The molecule has 1 aliphatic carbocycles. The van der Waals surface area contributed by atoms with Crippen molar-refractivity contribution >= 4 is 5.69 Å². The Kier molecular flexibility index (Phi) is 2.24. The van der Waals surface area contributed by atoms with Crippen molar-refractivity contribution in [1.82, 2.24) is 19.9 Å². The minimum atomic E-state index is 0.514. The molecule has 0 radical (unpaired) electrons. The number of hydrogen-bond acceptors (Lipinski definition) is 5. The van der Waals surface area contributed by atoms with Gasteiger partial charge in [-0.2, -0.15) is 0 Å². The molecule has 1 aliphatic rings. The zero-order valence-corrected chi connectivity index (χ0v) is 9.59. The second kappa shape index (κ2) is 3.76. The fourth-order valence-electron chi connectivity index (χ4n) is 1.79. The predicted octanol–water partition coefficient (Wildman–Crippen LogP) is 1.70. The maximum atomic E-state index is 5.88. The van der Waals surface area contributed by atoms with Crippen molar-refractivity contribution < 1.29 is 0 Å². The van der Waals surface area contributed by atoms with Gasteiger partial charge < -0.3 is 5.73 Å². The summed E-state index contributed by atoms with van der Waals surface area (Å²) >= 11 is 0. The fraction of sp³-hybridized carbons (Fsp3) is 0.333. The Morgan fingerprint density at radius 1 is 1.24 bits per heavy atom. The van der Waals surface area contributed by atoms with E-state index in [4.69, 9.17) is 5.73 Å². The first-order chi connectivity index (χ1) is 8.24. The molecular weight excluding hydrogens is 214 g/mol. The molecule has 2 N–H and O–H groups in total. The first-order valence-electron chi connectivity index (χ1n) is 5.66. The van der Waals surface area contributed by atoms with Crippen LogP contribution in [0.5, 0.6) is 0 Å². The monoisotopic (exact) mass is 227 g/mol. The summed E-state index contributed by atoms with van der Waals surface area (Å²) in [7, 11) is 0. The third-order valence-electron chi connectivity index (χ3n) is 2.82. The lowest BCUT2D eigenvalue weighted by atomic mass is 10.2. The number of hydrogen-bond donors (Lipinski definition) is 1. The van der Waals surface area contributed by atoms with Crippen LogP contribution in [-0.4, -0.2) is 19.9 Å². The van der Waals surface area contributed by atoms with Crippen molar-refractivity contribution in [3.8, 4) is 11.5 Å². The first-order valence-corrected chi connectivity index (χ1v) is 5.66. The number of aryl methyl sites for hydroxylation is 1. The van der Waals surface area contributed by atoms with Gasteiger partial charge >= 0.3 is 0 Å². The van der Waals surface area contributed by atoms with E-state index in [0.29, 0.717) is 17.4 Å². The van der Waals surface area contributed by atoms with Gasteiger partial charge in [0.1, 0.15) is 11.5 Å². The van der Waals surface area contributed by atoms with Gasteiger partial charge in [0.05, 0.1) is 17.6 Å². The van der Waals surface area contributed by atoms with E-state index in [-0.39, 0.29) is 0 Å². The van der Waals surface area contributed by atoms with Crippen LogP contribution in [0.1, 0.15) is 30.3 Å². The molecule has 0 amide bonds. The van der Waals surface area contributed by atoms with Crippen LogP contribution in [0.3, 0.4) is 0 Å². The maximum Gasteiger partial charge on any atom is 0.178 e. The highest BCUT2D eigenvalue weighted by Crippen LogP contribution is 2.41. The molecule has 0 unspecified atom stereocenters. The van der Waals surface area contributed by atoms with Crippen LogP contribution in [0.25, 0.3) is 11.5 Å². The predicted molar refractivity (Wildman–Crippen MR) is 64.2 cm³/mol. The van der Waals surface area contributed by atoms with Crippen molar-refractivity contribution in [3.05, 3.63) is 30.0 Å². The summed E-state index contributed by atoms with van der Waals surface area (Å²) in [6.07, 6.45) is 5.73. The molecule has 0 aliphatic heterocycles. The lowest BCUT2D eigenvalue weighted by Gasteiger charge is -2.05. The summed E-state index contributed by atoms with van der Waals surface area (Å²) in [4.78, 5) is 17.1. The summed E-state index contributed by atoms with van der Waals surface area (Å²) in [6.45, 7) is 1.85. The van der Waals surface area contributed by atoms with Gasteiger partial charge in [-0.1, -0.05) is 0 Å². The molecule has 86 valence electrons. The largest absolute Gasteiger partial charge is 0.396 e. The Balaban J connectivity index is 2.06.